The third-order valence-corrected chi connectivity index (χ3v) is 4.71. The predicted molar refractivity (Wildman–Crippen MR) is 95.3 cm³/mol. The minimum absolute atomic E-state index is 0.00444. The summed E-state index contributed by atoms with van der Waals surface area (Å²) >= 11 is 0. The molecule has 0 spiro atoms. The number of benzene rings is 1. The van der Waals surface area contributed by atoms with Gasteiger partial charge >= 0.3 is 0 Å². The van der Waals surface area contributed by atoms with E-state index >= 15 is 0 Å². The van der Waals surface area contributed by atoms with Crippen molar-refractivity contribution in [1.82, 2.24) is 24.9 Å². The van der Waals surface area contributed by atoms with Crippen LogP contribution in [0.4, 0.5) is 0 Å². The van der Waals surface area contributed by atoms with Crippen molar-refractivity contribution in [2.75, 3.05) is 13.1 Å². The van der Waals surface area contributed by atoms with Crippen molar-refractivity contribution in [3.8, 4) is 11.5 Å². The van der Waals surface area contributed by atoms with E-state index in [1.807, 2.05) is 48.4 Å². The van der Waals surface area contributed by atoms with Crippen molar-refractivity contribution < 1.29 is 9.21 Å². The number of likely N-dealkylation sites (tertiary alicyclic amines) is 1. The molecule has 1 fully saturated rings. The summed E-state index contributed by atoms with van der Waals surface area (Å²) in [5.74, 6) is 1.49. The molecule has 1 aromatic carbocycles. The SMILES string of the molecule is CCn1ccc(C(=O)N2CCC(Cc3nnc(-c4ccccc4)o3)C2)n1. The van der Waals surface area contributed by atoms with E-state index in [1.54, 1.807) is 10.7 Å². The molecule has 1 aliphatic rings. The molecular formula is C19H21N5O2. The van der Waals surface area contributed by atoms with Crippen LogP contribution in [0.25, 0.3) is 11.5 Å². The molecule has 134 valence electrons. The van der Waals surface area contributed by atoms with Gasteiger partial charge in [0, 0.05) is 37.8 Å². The first-order chi connectivity index (χ1) is 12.7. The normalized spacial score (nSPS) is 17.0. The Kier molecular flexibility index (Phi) is 4.51. The number of aromatic nitrogens is 4. The van der Waals surface area contributed by atoms with Crippen LogP contribution in [-0.4, -0.2) is 43.9 Å². The molecule has 1 atom stereocenters. The van der Waals surface area contributed by atoms with Crippen LogP contribution in [0, 0.1) is 5.92 Å². The highest BCUT2D eigenvalue weighted by Crippen LogP contribution is 2.24. The van der Waals surface area contributed by atoms with E-state index in [-0.39, 0.29) is 5.91 Å². The third kappa shape index (κ3) is 3.37. The van der Waals surface area contributed by atoms with Gasteiger partial charge in [0.15, 0.2) is 0 Å². The number of hydrogen-bond donors (Lipinski definition) is 0. The van der Waals surface area contributed by atoms with Gasteiger partial charge in [-0.05, 0) is 37.5 Å². The molecule has 26 heavy (non-hydrogen) atoms. The van der Waals surface area contributed by atoms with E-state index in [1.165, 1.54) is 0 Å². The fraction of sp³-hybridized carbons (Fsp3) is 0.368. The Hall–Kier alpha value is -2.96. The summed E-state index contributed by atoms with van der Waals surface area (Å²) in [6.45, 7) is 4.20. The zero-order valence-electron chi connectivity index (χ0n) is 14.7. The Morgan fingerprint density at radius 2 is 2.08 bits per heavy atom. The van der Waals surface area contributed by atoms with Gasteiger partial charge in [-0.3, -0.25) is 9.48 Å². The summed E-state index contributed by atoms with van der Waals surface area (Å²) < 4.78 is 7.56. The molecule has 0 bridgehead atoms. The Morgan fingerprint density at radius 1 is 1.23 bits per heavy atom. The first kappa shape index (κ1) is 16.5. The lowest BCUT2D eigenvalue weighted by Gasteiger charge is -2.14. The Morgan fingerprint density at radius 3 is 2.85 bits per heavy atom. The molecule has 0 aliphatic carbocycles. The molecule has 1 saturated heterocycles. The molecule has 1 unspecified atom stereocenters. The summed E-state index contributed by atoms with van der Waals surface area (Å²) in [6, 6.07) is 11.5. The minimum Gasteiger partial charge on any atom is -0.421 e. The van der Waals surface area contributed by atoms with Crippen LogP contribution in [0.1, 0.15) is 29.7 Å². The van der Waals surface area contributed by atoms with Crippen molar-refractivity contribution in [1.29, 1.82) is 0 Å². The maximum absolute atomic E-state index is 12.6. The summed E-state index contributed by atoms with van der Waals surface area (Å²) in [4.78, 5) is 14.4. The van der Waals surface area contributed by atoms with Crippen molar-refractivity contribution in [2.45, 2.75) is 26.3 Å². The van der Waals surface area contributed by atoms with E-state index < -0.39 is 0 Å². The number of hydrogen-bond acceptors (Lipinski definition) is 5. The lowest BCUT2D eigenvalue weighted by Crippen LogP contribution is -2.29. The molecule has 0 N–H and O–H groups in total. The zero-order chi connectivity index (χ0) is 17.9. The third-order valence-electron chi connectivity index (χ3n) is 4.71. The molecule has 3 heterocycles. The van der Waals surface area contributed by atoms with Gasteiger partial charge in [0.05, 0.1) is 0 Å². The van der Waals surface area contributed by atoms with E-state index in [4.69, 9.17) is 4.42 Å². The maximum Gasteiger partial charge on any atom is 0.274 e. The van der Waals surface area contributed by atoms with Gasteiger partial charge in [-0.2, -0.15) is 5.10 Å². The monoisotopic (exact) mass is 351 g/mol. The van der Waals surface area contributed by atoms with E-state index in [9.17, 15) is 4.79 Å². The Balaban J connectivity index is 1.37. The second-order valence-corrected chi connectivity index (χ2v) is 6.53. The average Bonchev–Trinajstić information content (AvgIpc) is 3.43. The Labute approximate surface area is 151 Å². The second-order valence-electron chi connectivity index (χ2n) is 6.53. The molecule has 0 saturated carbocycles. The molecule has 7 nitrogen and oxygen atoms in total. The molecule has 1 amide bonds. The van der Waals surface area contributed by atoms with Crippen molar-refractivity contribution in [3.63, 3.8) is 0 Å². The molecule has 2 aromatic heterocycles. The molecule has 3 aromatic rings. The molecular weight excluding hydrogens is 330 g/mol. The first-order valence-corrected chi connectivity index (χ1v) is 8.93. The van der Waals surface area contributed by atoms with E-state index in [0.717, 1.165) is 25.1 Å². The summed E-state index contributed by atoms with van der Waals surface area (Å²) in [5, 5.41) is 12.6. The van der Waals surface area contributed by atoms with E-state index in [2.05, 4.69) is 15.3 Å². The molecule has 4 rings (SSSR count). The van der Waals surface area contributed by atoms with Crippen LogP contribution in [-0.2, 0) is 13.0 Å². The smallest absolute Gasteiger partial charge is 0.274 e. The van der Waals surface area contributed by atoms with Gasteiger partial charge in [-0.15, -0.1) is 10.2 Å². The van der Waals surface area contributed by atoms with Gasteiger partial charge in [0.1, 0.15) is 5.69 Å². The van der Waals surface area contributed by atoms with Gasteiger partial charge < -0.3 is 9.32 Å². The number of amides is 1. The average molecular weight is 351 g/mol. The highest BCUT2D eigenvalue weighted by atomic mass is 16.4. The van der Waals surface area contributed by atoms with Gasteiger partial charge in [0.2, 0.25) is 11.8 Å². The van der Waals surface area contributed by atoms with Gasteiger partial charge in [0.25, 0.3) is 5.91 Å². The van der Waals surface area contributed by atoms with Crippen molar-refractivity contribution in [3.05, 3.63) is 54.2 Å². The second kappa shape index (κ2) is 7.11. The van der Waals surface area contributed by atoms with Crippen LogP contribution in [0.15, 0.2) is 47.0 Å². The van der Waals surface area contributed by atoms with Crippen molar-refractivity contribution in [2.24, 2.45) is 5.92 Å². The summed E-state index contributed by atoms with van der Waals surface area (Å²) in [7, 11) is 0. The summed E-state index contributed by atoms with van der Waals surface area (Å²) in [5.41, 5.74) is 1.43. The lowest BCUT2D eigenvalue weighted by molar-refractivity contribution is 0.0780. The van der Waals surface area contributed by atoms with Crippen LogP contribution in [0.5, 0.6) is 0 Å². The predicted octanol–water partition coefficient (Wildman–Crippen LogP) is 2.66. The topological polar surface area (TPSA) is 77.0 Å². The lowest BCUT2D eigenvalue weighted by atomic mass is 10.1. The molecule has 1 aliphatic heterocycles. The largest absolute Gasteiger partial charge is 0.421 e. The summed E-state index contributed by atoms with van der Waals surface area (Å²) in [6.07, 6.45) is 3.46. The van der Waals surface area contributed by atoms with Crippen LogP contribution < -0.4 is 0 Å². The van der Waals surface area contributed by atoms with Crippen LogP contribution >= 0.6 is 0 Å². The first-order valence-electron chi connectivity index (χ1n) is 8.93. The number of aryl methyl sites for hydroxylation is 1. The number of carbonyl (C=O) groups is 1. The molecule has 0 radical (unpaired) electrons. The minimum atomic E-state index is -0.00444. The zero-order valence-corrected chi connectivity index (χ0v) is 14.7. The number of nitrogens with zero attached hydrogens (tertiary/aromatic N) is 5. The standard InChI is InChI=1S/C19H21N5O2/c1-2-24-11-9-16(22-24)19(25)23-10-8-14(13-23)12-17-20-21-18(26-17)15-6-4-3-5-7-15/h3-7,9,11,14H,2,8,10,12-13H2,1H3. The fourth-order valence-electron chi connectivity index (χ4n) is 3.28. The fourth-order valence-corrected chi connectivity index (χ4v) is 3.28. The van der Waals surface area contributed by atoms with Gasteiger partial charge in [-0.1, -0.05) is 18.2 Å². The van der Waals surface area contributed by atoms with E-state index in [0.29, 0.717) is 36.4 Å². The van der Waals surface area contributed by atoms with Crippen LogP contribution in [0.3, 0.4) is 0 Å². The number of carbonyl (C=O) groups excluding carboxylic acids is 1. The molecule has 7 heteroatoms. The highest BCUT2D eigenvalue weighted by Gasteiger charge is 2.29. The number of rotatable bonds is 5. The highest BCUT2D eigenvalue weighted by molar-refractivity contribution is 5.92. The Bertz CT molecular complexity index is 886. The van der Waals surface area contributed by atoms with Gasteiger partial charge in [-0.25, -0.2) is 0 Å². The maximum atomic E-state index is 12.6. The quantitative estimate of drug-likeness (QED) is 0.706. The van der Waals surface area contributed by atoms with Crippen molar-refractivity contribution >= 4 is 5.91 Å². The van der Waals surface area contributed by atoms with Crippen LogP contribution in [0.2, 0.25) is 0 Å².